The van der Waals surface area contributed by atoms with Crippen LogP contribution >= 0.6 is 12.2 Å². The minimum atomic E-state index is -0.297. The van der Waals surface area contributed by atoms with Gasteiger partial charge >= 0.3 is 0 Å². The van der Waals surface area contributed by atoms with E-state index >= 15 is 0 Å². The van der Waals surface area contributed by atoms with Gasteiger partial charge in [-0.3, -0.25) is 10.1 Å². The van der Waals surface area contributed by atoms with Gasteiger partial charge in [-0.15, -0.1) is 0 Å². The summed E-state index contributed by atoms with van der Waals surface area (Å²) in [4.78, 5) is 12.3. The number of ether oxygens (including phenoxy) is 2. The molecule has 0 aromatic heterocycles. The van der Waals surface area contributed by atoms with Gasteiger partial charge in [-0.2, -0.15) is 0 Å². The summed E-state index contributed by atoms with van der Waals surface area (Å²) in [5.41, 5.74) is 1.16. The second kappa shape index (κ2) is 10.2. The molecular formula is C20H22N2O3S. The van der Waals surface area contributed by atoms with Crippen LogP contribution in [0.15, 0.2) is 61.2 Å². The lowest BCUT2D eigenvalue weighted by molar-refractivity contribution is 0.0977. The Kier molecular flexibility index (Phi) is 7.64. The Bertz CT molecular complexity index is 760. The second-order valence-corrected chi connectivity index (χ2v) is 5.79. The van der Waals surface area contributed by atoms with Crippen LogP contribution in [-0.4, -0.2) is 24.2 Å². The number of amides is 1. The lowest BCUT2D eigenvalue weighted by Crippen LogP contribution is -2.34. The molecule has 0 atom stereocenters. The maximum Gasteiger partial charge on any atom is 0.257 e. The van der Waals surface area contributed by atoms with Gasteiger partial charge in [0.25, 0.3) is 5.91 Å². The minimum Gasteiger partial charge on any atom is -0.494 e. The number of hydrogen-bond acceptors (Lipinski definition) is 4. The summed E-state index contributed by atoms with van der Waals surface area (Å²) < 4.78 is 11.1. The highest BCUT2D eigenvalue weighted by atomic mass is 32.1. The van der Waals surface area contributed by atoms with Gasteiger partial charge in [0.15, 0.2) is 5.11 Å². The standard InChI is InChI=1S/C20H22N2O3S/c1-3-13-24-16-11-9-15(10-12-16)19(23)22-20(26)21-17-7-5-6-8-18(17)25-14-4-2/h4-12H,2-3,13-14H2,1H3,(H2,21,22,23,26). The Morgan fingerprint density at radius 3 is 2.58 bits per heavy atom. The Balaban J connectivity index is 1.95. The van der Waals surface area contributed by atoms with Gasteiger partial charge in [0.2, 0.25) is 0 Å². The number of anilines is 1. The van der Waals surface area contributed by atoms with Crippen molar-refractivity contribution in [2.75, 3.05) is 18.5 Å². The first-order valence-corrected chi connectivity index (χ1v) is 8.72. The molecule has 26 heavy (non-hydrogen) atoms. The van der Waals surface area contributed by atoms with Crippen molar-refractivity contribution in [2.45, 2.75) is 13.3 Å². The van der Waals surface area contributed by atoms with E-state index in [1.54, 1.807) is 30.3 Å². The first-order valence-electron chi connectivity index (χ1n) is 8.32. The van der Waals surface area contributed by atoms with E-state index in [4.69, 9.17) is 21.7 Å². The Morgan fingerprint density at radius 1 is 1.15 bits per heavy atom. The van der Waals surface area contributed by atoms with Crippen molar-refractivity contribution < 1.29 is 14.3 Å². The number of carbonyl (C=O) groups excluding carboxylic acids is 1. The molecule has 0 saturated heterocycles. The van der Waals surface area contributed by atoms with Crippen molar-refractivity contribution in [1.82, 2.24) is 5.32 Å². The van der Waals surface area contributed by atoms with Crippen LogP contribution in [0.25, 0.3) is 0 Å². The molecule has 5 nitrogen and oxygen atoms in total. The van der Waals surface area contributed by atoms with Crippen LogP contribution in [0.5, 0.6) is 11.5 Å². The number of nitrogens with one attached hydrogen (secondary N) is 2. The highest BCUT2D eigenvalue weighted by Gasteiger charge is 2.10. The predicted molar refractivity (Wildman–Crippen MR) is 108 cm³/mol. The maximum atomic E-state index is 12.3. The van der Waals surface area contributed by atoms with Crippen LogP contribution in [0.2, 0.25) is 0 Å². The van der Waals surface area contributed by atoms with E-state index in [1.807, 2.05) is 31.2 Å². The molecule has 2 aromatic rings. The Labute approximate surface area is 159 Å². The summed E-state index contributed by atoms with van der Waals surface area (Å²) in [6, 6.07) is 14.3. The van der Waals surface area contributed by atoms with E-state index in [2.05, 4.69) is 17.2 Å². The topological polar surface area (TPSA) is 59.6 Å². The number of rotatable bonds is 8. The lowest BCUT2D eigenvalue weighted by atomic mass is 10.2. The molecule has 0 radical (unpaired) electrons. The average molecular weight is 370 g/mol. The van der Waals surface area contributed by atoms with Crippen molar-refractivity contribution in [3.05, 3.63) is 66.7 Å². The maximum absolute atomic E-state index is 12.3. The molecule has 6 heteroatoms. The van der Waals surface area contributed by atoms with Gasteiger partial charge < -0.3 is 14.8 Å². The van der Waals surface area contributed by atoms with Crippen molar-refractivity contribution in [3.8, 4) is 11.5 Å². The predicted octanol–water partition coefficient (Wildman–Crippen LogP) is 4.17. The van der Waals surface area contributed by atoms with Crippen LogP contribution in [-0.2, 0) is 0 Å². The Morgan fingerprint density at radius 2 is 1.88 bits per heavy atom. The zero-order valence-electron chi connectivity index (χ0n) is 14.7. The molecule has 0 unspecified atom stereocenters. The molecule has 0 bridgehead atoms. The third-order valence-corrected chi connectivity index (χ3v) is 3.51. The van der Waals surface area contributed by atoms with E-state index in [9.17, 15) is 4.79 Å². The molecule has 2 rings (SSSR count). The monoisotopic (exact) mass is 370 g/mol. The third kappa shape index (κ3) is 5.89. The smallest absolute Gasteiger partial charge is 0.257 e. The number of hydrogen-bond donors (Lipinski definition) is 2. The van der Waals surface area contributed by atoms with E-state index in [-0.39, 0.29) is 11.0 Å². The largest absolute Gasteiger partial charge is 0.494 e. The van der Waals surface area contributed by atoms with Crippen LogP contribution in [0.4, 0.5) is 5.69 Å². The lowest BCUT2D eigenvalue weighted by Gasteiger charge is -2.13. The zero-order chi connectivity index (χ0) is 18.8. The van der Waals surface area contributed by atoms with E-state index in [0.29, 0.717) is 30.2 Å². The molecule has 0 heterocycles. The molecule has 2 N–H and O–H groups in total. The van der Waals surface area contributed by atoms with Gasteiger partial charge in [-0.05, 0) is 55.0 Å². The summed E-state index contributed by atoms with van der Waals surface area (Å²) in [6.45, 7) is 6.69. The fourth-order valence-corrected chi connectivity index (χ4v) is 2.30. The molecule has 2 aromatic carbocycles. The summed E-state index contributed by atoms with van der Waals surface area (Å²) in [5, 5.41) is 5.82. The van der Waals surface area contributed by atoms with Gasteiger partial charge in [0.1, 0.15) is 18.1 Å². The van der Waals surface area contributed by atoms with Crippen molar-refractivity contribution in [1.29, 1.82) is 0 Å². The van der Waals surface area contributed by atoms with Crippen molar-refractivity contribution in [2.24, 2.45) is 0 Å². The highest BCUT2D eigenvalue weighted by molar-refractivity contribution is 7.80. The molecule has 1 amide bonds. The fraction of sp³-hybridized carbons (Fsp3) is 0.200. The first kappa shape index (κ1) is 19.5. The van der Waals surface area contributed by atoms with Crippen molar-refractivity contribution >= 4 is 28.9 Å². The van der Waals surface area contributed by atoms with Gasteiger partial charge in [-0.25, -0.2) is 0 Å². The number of thiocarbonyl (C=S) groups is 1. The van der Waals surface area contributed by atoms with Crippen LogP contribution in [0.3, 0.4) is 0 Å². The number of para-hydroxylation sites is 2. The van der Waals surface area contributed by atoms with Crippen LogP contribution in [0, 0.1) is 0 Å². The van der Waals surface area contributed by atoms with Gasteiger partial charge in [0.05, 0.1) is 12.3 Å². The number of carbonyl (C=O) groups is 1. The fourth-order valence-electron chi connectivity index (χ4n) is 2.10. The molecule has 0 aliphatic rings. The van der Waals surface area contributed by atoms with Crippen LogP contribution < -0.4 is 20.1 Å². The molecule has 0 fully saturated rings. The van der Waals surface area contributed by atoms with Crippen LogP contribution in [0.1, 0.15) is 23.7 Å². The Hall–Kier alpha value is -2.86. The molecule has 0 aliphatic heterocycles. The highest BCUT2D eigenvalue weighted by Crippen LogP contribution is 2.23. The molecule has 0 aliphatic carbocycles. The SMILES string of the molecule is C=CCOc1ccccc1NC(=S)NC(=O)c1ccc(OCCC)cc1. The molecule has 0 spiro atoms. The van der Waals surface area contributed by atoms with E-state index < -0.39 is 0 Å². The minimum absolute atomic E-state index is 0.191. The third-order valence-electron chi connectivity index (χ3n) is 3.31. The molecular weight excluding hydrogens is 348 g/mol. The summed E-state index contributed by atoms with van der Waals surface area (Å²) in [6.07, 6.45) is 2.59. The van der Waals surface area contributed by atoms with E-state index in [0.717, 1.165) is 12.2 Å². The second-order valence-electron chi connectivity index (χ2n) is 5.38. The molecule has 0 saturated carbocycles. The summed E-state index contributed by atoms with van der Waals surface area (Å²) in [5.74, 6) is 1.06. The normalized spacial score (nSPS) is 9.88. The number of benzene rings is 2. The molecule has 136 valence electrons. The van der Waals surface area contributed by atoms with Crippen molar-refractivity contribution in [3.63, 3.8) is 0 Å². The summed E-state index contributed by atoms with van der Waals surface area (Å²) >= 11 is 5.22. The van der Waals surface area contributed by atoms with E-state index in [1.165, 1.54) is 0 Å². The van der Waals surface area contributed by atoms with Gasteiger partial charge in [-0.1, -0.05) is 31.7 Å². The first-order chi connectivity index (χ1) is 12.6. The quantitative estimate of drug-likeness (QED) is 0.540. The zero-order valence-corrected chi connectivity index (χ0v) is 15.5. The van der Waals surface area contributed by atoms with Gasteiger partial charge in [0, 0.05) is 5.56 Å². The summed E-state index contributed by atoms with van der Waals surface area (Å²) in [7, 11) is 0. The average Bonchev–Trinajstić information content (AvgIpc) is 2.66.